The van der Waals surface area contributed by atoms with Gasteiger partial charge in [-0.3, -0.25) is 0 Å². The van der Waals surface area contributed by atoms with Gasteiger partial charge in [0.05, 0.1) is 7.11 Å². The standard InChI is InChI=1S/C47H49OP/c1-32-26-38(30-36-18-11-9-12-19-36)27-33(2)44(32)40-22-17-23-41(46(40)49(47(5,6)7)43-25-16-15-24-42(43)48-8)45-34(3)28-39(29-35(45)4)31-37-20-13-10-14-21-37/h9-29H,30-31H2,1-8H3. The van der Waals surface area contributed by atoms with Crippen LogP contribution in [0.15, 0.2) is 127 Å². The number of methoxy groups -OCH3 is 1. The van der Waals surface area contributed by atoms with Crippen molar-refractivity contribution in [2.45, 2.75) is 66.5 Å². The first-order chi connectivity index (χ1) is 23.5. The van der Waals surface area contributed by atoms with Gasteiger partial charge in [0.1, 0.15) is 5.75 Å². The zero-order chi connectivity index (χ0) is 34.7. The second kappa shape index (κ2) is 14.6. The molecule has 0 bridgehead atoms. The van der Waals surface area contributed by atoms with E-state index in [4.69, 9.17) is 4.74 Å². The average molecular weight is 661 g/mol. The predicted octanol–water partition coefficient (Wildman–Crippen LogP) is 11.7. The Morgan fingerprint density at radius 1 is 0.490 bits per heavy atom. The number of hydrogen-bond acceptors (Lipinski definition) is 1. The first kappa shape index (κ1) is 34.4. The quantitative estimate of drug-likeness (QED) is 0.140. The van der Waals surface area contributed by atoms with Crippen LogP contribution in [-0.2, 0) is 12.8 Å². The molecule has 1 nitrogen and oxygen atoms in total. The monoisotopic (exact) mass is 660 g/mol. The number of rotatable bonds is 9. The number of aryl methyl sites for hydroxylation is 4. The van der Waals surface area contributed by atoms with E-state index in [2.05, 4.69) is 176 Å². The van der Waals surface area contributed by atoms with Crippen molar-refractivity contribution in [1.82, 2.24) is 0 Å². The van der Waals surface area contributed by atoms with Gasteiger partial charge in [0.15, 0.2) is 0 Å². The van der Waals surface area contributed by atoms with Crippen molar-refractivity contribution in [2.75, 3.05) is 7.11 Å². The maximum absolute atomic E-state index is 6.09. The van der Waals surface area contributed by atoms with Crippen molar-refractivity contribution < 1.29 is 4.74 Å². The average Bonchev–Trinajstić information content (AvgIpc) is 3.06. The molecule has 0 N–H and O–H groups in total. The number of hydrogen-bond donors (Lipinski definition) is 0. The Bertz CT molecular complexity index is 1910. The molecular formula is C47H49OP. The lowest BCUT2D eigenvalue weighted by Gasteiger charge is -2.37. The summed E-state index contributed by atoms with van der Waals surface area (Å²) in [6.45, 7) is 16.4. The fourth-order valence-electron chi connectivity index (χ4n) is 7.64. The van der Waals surface area contributed by atoms with Gasteiger partial charge < -0.3 is 4.74 Å². The molecule has 1 unspecified atom stereocenters. The van der Waals surface area contributed by atoms with Crippen molar-refractivity contribution >= 4 is 18.5 Å². The highest BCUT2D eigenvalue weighted by Crippen LogP contribution is 2.54. The molecule has 1 atom stereocenters. The minimum atomic E-state index is -0.877. The van der Waals surface area contributed by atoms with Crippen LogP contribution in [0, 0.1) is 27.7 Å². The highest BCUT2D eigenvalue weighted by atomic mass is 31.1. The molecule has 0 saturated heterocycles. The van der Waals surface area contributed by atoms with Gasteiger partial charge in [-0.15, -0.1) is 0 Å². The lowest BCUT2D eigenvalue weighted by atomic mass is 9.87. The van der Waals surface area contributed by atoms with Crippen molar-refractivity contribution in [3.05, 3.63) is 172 Å². The molecule has 0 fully saturated rings. The molecule has 0 heterocycles. The maximum Gasteiger partial charge on any atom is 0.126 e. The summed E-state index contributed by atoms with van der Waals surface area (Å²) in [5, 5.41) is 2.67. The van der Waals surface area contributed by atoms with E-state index in [0.717, 1.165) is 18.6 Å². The van der Waals surface area contributed by atoms with Gasteiger partial charge in [0.25, 0.3) is 0 Å². The van der Waals surface area contributed by atoms with Crippen LogP contribution in [0.4, 0.5) is 0 Å². The Balaban J connectivity index is 1.60. The van der Waals surface area contributed by atoms with Gasteiger partial charge in [0, 0.05) is 5.30 Å². The highest BCUT2D eigenvalue weighted by Gasteiger charge is 2.35. The summed E-state index contributed by atoms with van der Waals surface area (Å²) in [5.74, 6) is 0.961. The second-order valence-corrected chi connectivity index (χ2v) is 17.4. The molecule has 0 aliphatic rings. The second-order valence-electron chi connectivity index (χ2n) is 14.4. The Hall–Kier alpha value is -4.45. The third kappa shape index (κ3) is 7.44. The first-order valence-electron chi connectivity index (χ1n) is 17.4. The molecule has 6 aromatic carbocycles. The van der Waals surface area contributed by atoms with Gasteiger partial charge >= 0.3 is 0 Å². The lowest BCUT2D eigenvalue weighted by molar-refractivity contribution is 0.418. The third-order valence-corrected chi connectivity index (χ3v) is 12.6. The first-order valence-corrected chi connectivity index (χ1v) is 18.7. The molecule has 6 rings (SSSR count). The van der Waals surface area contributed by atoms with Crippen LogP contribution < -0.4 is 15.3 Å². The molecule has 0 aliphatic heterocycles. The largest absolute Gasteiger partial charge is 0.496 e. The van der Waals surface area contributed by atoms with Crippen LogP contribution in [0.2, 0.25) is 0 Å². The van der Waals surface area contributed by atoms with Crippen molar-refractivity contribution in [2.24, 2.45) is 0 Å². The van der Waals surface area contributed by atoms with Crippen LogP contribution in [-0.4, -0.2) is 12.3 Å². The molecule has 0 amide bonds. The van der Waals surface area contributed by atoms with Gasteiger partial charge in [-0.05, 0) is 132 Å². The summed E-state index contributed by atoms with van der Waals surface area (Å²) in [7, 11) is 0.930. The van der Waals surface area contributed by atoms with E-state index in [1.54, 1.807) is 7.11 Å². The van der Waals surface area contributed by atoms with Crippen molar-refractivity contribution in [3.8, 4) is 28.0 Å². The summed E-state index contributed by atoms with van der Waals surface area (Å²) in [5.41, 5.74) is 16.0. The normalized spacial score (nSPS) is 12.2. The van der Waals surface area contributed by atoms with Gasteiger partial charge in [0.2, 0.25) is 0 Å². The number of para-hydroxylation sites is 1. The molecule has 0 aromatic heterocycles. The van der Waals surface area contributed by atoms with Crippen LogP contribution in [0.1, 0.15) is 65.3 Å². The maximum atomic E-state index is 6.09. The Kier molecular flexibility index (Phi) is 10.2. The van der Waals surface area contributed by atoms with Crippen LogP contribution in [0.25, 0.3) is 22.3 Å². The summed E-state index contributed by atoms with van der Waals surface area (Å²) >= 11 is 0. The fraction of sp³-hybridized carbons (Fsp3) is 0.234. The molecule has 0 radical (unpaired) electrons. The predicted molar refractivity (Wildman–Crippen MR) is 214 cm³/mol. The van der Waals surface area contributed by atoms with E-state index in [1.807, 2.05) is 0 Å². The molecular weight excluding hydrogens is 611 g/mol. The molecule has 6 aromatic rings. The number of ether oxygens (including phenoxy) is 1. The van der Waals surface area contributed by atoms with E-state index in [1.165, 1.54) is 77.4 Å². The molecule has 0 spiro atoms. The molecule has 49 heavy (non-hydrogen) atoms. The van der Waals surface area contributed by atoms with Gasteiger partial charge in [-0.2, -0.15) is 0 Å². The Morgan fingerprint density at radius 3 is 1.31 bits per heavy atom. The van der Waals surface area contributed by atoms with Gasteiger partial charge in [-0.1, -0.05) is 142 Å². The van der Waals surface area contributed by atoms with E-state index in [9.17, 15) is 0 Å². The van der Waals surface area contributed by atoms with E-state index in [-0.39, 0.29) is 5.16 Å². The SMILES string of the molecule is COc1ccccc1P(c1c(-c2c(C)cc(Cc3ccccc3)cc2C)cccc1-c1c(C)cc(Cc2ccccc2)cc1C)C(C)(C)C. The molecule has 248 valence electrons. The van der Waals surface area contributed by atoms with Crippen LogP contribution in [0.3, 0.4) is 0 Å². The minimum absolute atomic E-state index is 0.0427. The zero-order valence-corrected chi connectivity index (χ0v) is 31.3. The highest BCUT2D eigenvalue weighted by molar-refractivity contribution is 7.75. The minimum Gasteiger partial charge on any atom is -0.496 e. The summed E-state index contributed by atoms with van der Waals surface area (Å²) in [6, 6.07) is 46.9. The van der Waals surface area contributed by atoms with E-state index < -0.39 is 7.92 Å². The number of benzene rings is 6. The smallest absolute Gasteiger partial charge is 0.126 e. The van der Waals surface area contributed by atoms with Crippen molar-refractivity contribution in [3.63, 3.8) is 0 Å². The molecule has 0 saturated carbocycles. The van der Waals surface area contributed by atoms with E-state index in [0.29, 0.717) is 0 Å². The topological polar surface area (TPSA) is 9.23 Å². The summed E-state index contributed by atoms with van der Waals surface area (Å²) in [4.78, 5) is 0. The van der Waals surface area contributed by atoms with Crippen LogP contribution in [0.5, 0.6) is 5.75 Å². The van der Waals surface area contributed by atoms with Gasteiger partial charge in [-0.25, -0.2) is 0 Å². The van der Waals surface area contributed by atoms with E-state index >= 15 is 0 Å². The lowest BCUT2D eigenvalue weighted by Crippen LogP contribution is -2.30. The van der Waals surface area contributed by atoms with Crippen molar-refractivity contribution in [1.29, 1.82) is 0 Å². The third-order valence-electron chi connectivity index (χ3n) is 9.48. The summed E-state index contributed by atoms with van der Waals surface area (Å²) in [6.07, 6.45) is 1.86. The van der Waals surface area contributed by atoms with Crippen LogP contribution >= 0.6 is 7.92 Å². The summed E-state index contributed by atoms with van der Waals surface area (Å²) < 4.78 is 6.09. The Labute approximate surface area is 295 Å². The molecule has 2 heteroatoms. The zero-order valence-electron chi connectivity index (χ0n) is 30.4. The Morgan fingerprint density at radius 2 is 0.898 bits per heavy atom. The fourth-order valence-corrected chi connectivity index (χ4v) is 10.8. The molecule has 0 aliphatic carbocycles.